The zero-order valence-corrected chi connectivity index (χ0v) is 14.8. The average Bonchev–Trinajstić information content (AvgIpc) is 3.11. The Hall–Kier alpha value is -2.48. The third kappa shape index (κ3) is 2.88. The Bertz CT molecular complexity index is 903. The van der Waals surface area contributed by atoms with Crippen molar-refractivity contribution in [1.82, 2.24) is 14.9 Å². The number of nitrogen functional groups attached to an aromatic ring is 1. The minimum absolute atomic E-state index is 0.00795. The molecule has 27 heavy (non-hydrogen) atoms. The molecule has 8 heteroatoms. The van der Waals surface area contributed by atoms with Crippen molar-refractivity contribution in [3.8, 4) is 11.5 Å². The zero-order chi connectivity index (χ0) is 18.6. The van der Waals surface area contributed by atoms with E-state index in [9.17, 15) is 8.78 Å². The number of nitrogens with two attached hydrogens (primary N) is 1. The van der Waals surface area contributed by atoms with Gasteiger partial charge < -0.3 is 15.2 Å². The summed E-state index contributed by atoms with van der Waals surface area (Å²) in [5.74, 6) is 0.496. The topological polar surface area (TPSA) is 73.5 Å². The van der Waals surface area contributed by atoms with E-state index in [1.165, 1.54) is 5.56 Å². The lowest BCUT2D eigenvalue weighted by Crippen LogP contribution is -2.45. The summed E-state index contributed by atoms with van der Waals surface area (Å²) in [7, 11) is 0. The molecule has 1 spiro atoms. The molecule has 1 fully saturated rings. The summed E-state index contributed by atoms with van der Waals surface area (Å²) in [5, 5.41) is 0. The highest BCUT2D eigenvalue weighted by molar-refractivity contribution is 5.45. The maximum absolute atomic E-state index is 13.2. The fourth-order valence-electron chi connectivity index (χ4n) is 4.66. The maximum Gasteiger partial charge on any atom is 0.586 e. The molecule has 0 saturated carbocycles. The number of hydrogen-bond donors (Lipinski definition) is 1. The van der Waals surface area contributed by atoms with Crippen LogP contribution in [0, 0.1) is 0 Å². The highest BCUT2D eigenvalue weighted by Gasteiger charge is 2.45. The Kier molecular flexibility index (Phi) is 3.56. The van der Waals surface area contributed by atoms with E-state index in [1.54, 1.807) is 12.1 Å². The molecule has 1 saturated heterocycles. The lowest BCUT2D eigenvalue weighted by molar-refractivity contribution is -0.286. The van der Waals surface area contributed by atoms with Crippen LogP contribution in [0.25, 0.3) is 0 Å². The quantitative estimate of drug-likeness (QED) is 0.871. The Balaban J connectivity index is 1.36. The Labute approximate surface area is 155 Å². The lowest BCUT2D eigenvalue weighted by Gasteiger charge is -2.40. The van der Waals surface area contributed by atoms with Crippen LogP contribution < -0.4 is 15.2 Å². The molecule has 3 aliphatic rings. The Morgan fingerprint density at radius 3 is 2.93 bits per heavy atom. The summed E-state index contributed by atoms with van der Waals surface area (Å²) in [6.45, 7) is 2.50. The molecule has 142 valence electrons. The van der Waals surface area contributed by atoms with E-state index in [4.69, 9.17) is 5.73 Å². The van der Waals surface area contributed by atoms with Crippen molar-refractivity contribution in [2.45, 2.75) is 43.9 Å². The van der Waals surface area contributed by atoms with Gasteiger partial charge in [-0.2, -0.15) is 0 Å². The van der Waals surface area contributed by atoms with E-state index in [2.05, 4.69) is 24.3 Å². The molecule has 2 N–H and O–H groups in total. The predicted molar refractivity (Wildman–Crippen MR) is 93.6 cm³/mol. The number of benzene rings is 1. The van der Waals surface area contributed by atoms with Crippen molar-refractivity contribution in [2.24, 2.45) is 0 Å². The van der Waals surface area contributed by atoms with E-state index in [1.807, 2.05) is 12.3 Å². The van der Waals surface area contributed by atoms with Crippen LogP contribution in [0.15, 0.2) is 24.4 Å². The SMILES string of the molecule is Nc1ncc2c(n1)C1(CCCN(Cc3ccc4c(c3)OC(F)(F)O4)C1)CC2. The van der Waals surface area contributed by atoms with Gasteiger partial charge in [0, 0.05) is 24.7 Å². The molecular weight excluding hydrogens is 354 g/mol. The van der Waals surface area contributed by atoms with E-state index >= 15 is 0 Å². The summed E-state index contributed by atoms with van der Waals surface area (Å²) in [6.07, 6.45) is 2.44. The summed E-state index contributed by atoms with van der Waals surface area (Å²) < 4.78 is 35.5. The molecule has 0 radical (unpaired) electrons. The number of nitrogens with zero attached hydrogens (tertiary/aromatic N) is 3. The van der Waals surface area contributed by atoms with Crippen LogP contribution >= 0.6 is 0 Å². The number of alkyl halides is 2. The standard InChI is InChI=1S/C19H20F2N4O2/c20-19(21)26-14-3-2-12(8-15(14)27-19)10-25-7-1-5-18(11-25)6-4-13-9-23-17(22)24-16(13)18/h2-3,8-9H,1,4-7,10-11H2,(H2,22,23,24). The smallest absolute Gasteiger partial charge is 0.395 e. The first-order valence-corrected chi connectivity index (χ1v) is 9.16. The van der Waals surface area contributed by atoms with Crippen molar-refractivity contribution in [1.29, 1.82) is 0 Å². The summed E-state index contributed by atoms with van der Waals surface area (Å²) >= 11 is 0. The molecular formula is C19H20F2N4O2. The third-order valence-corrected chi connectivity index (χ3v) is 5.79. The second-order valence-corrected chi connectivity index (χ2v) is 7.65. The van der Waals surface area contributed by atoms with Gasteiger partial charge in [-0.05, 0) is 55.5 Å². The van der Waals surface area contributed by atoms with E-state index in [0.29, 0.717) is 12.5 Å². The van der Waals surface area contributed by atoms with Crippen molar-refractivity contribution >= 4 is 5.95 Å². The lowest BCUT2D eigenvalue weighted by atomic mass is 9.77. The van der Waals surface area contributed by atoms with Crippen molar-refractivity contribution < 1.29 is 18.3 Å². The highest BCUT2D eigenvalue weighted by Crippen LogP contribution is 2.45. The third-order valence-electron chi connectivity index (χ3n) is 5.79. The van der Waals surface area contributed by atoms with Gasteiger partial charge in [0.15, 0.2) is 11.5 Å². The van der Waals surface area contributed by atoms with Gasteiger partial charge in [-0.15, -0.1) is 8.78 Å². The normalized spacial score (nSPS) is 25.7. The number of fused-ring (bicyclic) bond motifs is 3. The van der Waals surface area contributed by atoms with Crippen LogP contribution in [0.2, 0.25) is 0 Å². The van der Waals surface area contributed by atoms with Gasteiger partial charge in [0.05, 0.1) is 5.69 Å². The van der Waals surface area contributed by atoms with Crippen LogP contribution in [0.5, 0.6) is 11.5 Å². The summed E-state index contributed by atoms with van der Waals surface area (Å²) in [4.78, 5) is 11.0. The van der Waals surface area contributed by atoms with Gasteiger partial charge in [0.2, 0.25) is 5.95 Å². The Morgan fingerprint density at radius 1 is 1.19 bits per heavy atom. The second-order valence-electron chi connectivity index (χ2n) is 7.65. The zero-order valence-electron chi connectivity index (χ0n) is 14.8. The Morgan fingerprint density at radius 2 is 2.04 bits per heavy atom. The molecule has 3 heterocycles. The van der Waals surface area contributed by atoms with Crippen LogP contribution in [-0.4, -0.2) is 34.3 Å². The number of anilines is 1. The number of aryl methyl sites for hydroxylation is 1. The van der Waals surface area contributed by atoms with E-state index in [-0.39, 0.29) is 16.9 Å². The van der Waals surface area contributed by atoms with Gasteiger partial charge in [0.25, 0.3) is 0 Å². The molecule has 1 aromatic carbocycles. The minimum atomic E-state index is -3.58. The molecule has 5 rings (SSSR count). The molecule has 6 nitrogen and oxygen atoms in total. The number of likely N-dealkylation sites (tertiary alicyclic amines) is 1. The molecule has 2 aromatic rings. The average molecular weight is 374 g/mol. The first kappa shape index (κ1) is 16.7. The summed E-state index contributed by atoms with van der Waals surface area (Å²) in [5.41, 5.74) is 9.04. The van der Waals surface area contributed by atoms with E-state index in [0.717, 1.165) is 50.0 Å². The van der Waals surface area contributed by atoms with Crippen LogP contribution in [-0.2, 0) is 18.4 Å². The van der Waals surface area contributed by atoms with Crippen LogP contribution in [0.4, 0.5) is 14.7 Å². The molecule has 1 unspecified atom stereocenters. The first-order valence-electron chi connectivity index (χ1n) is 9.16. The number of rotatable bonds is 2. The minimum Gasteiger partial charge on any atom is -0.395 e. The fourth-order valence-corrected chi connectivity index (χ4v) is 4.66. The molecule has 0 amide bonds. The fraction of sp³-hybridized carbons (Fsp3) is 0.474. The van der Waals surface area contributed by atoms with Gasteiger partial charge >= 0.3 is 6.29 Å². The van der Waals surface area contributed by atoms with Gasteiger partial charge in [0.1, 0.15) is 0 Å². The van der Waals surface area contributed by atoms with Gasteiger partial charge in [-0.25, -0.2) is 9.97 Å². The first-order chi connectivity index (χ1) is 12.9. The molecule has 1 aromatic heterocycles. The van der Waals surface area contributed by atoms with Crippen LogP contribution in [0.3, 0.4) is 0 Å². The molecule has 1 aliphatic carbocycles. The largest absolute Gasteiger partial charge is 0.586 e. The van der Waals surface area contributed by atoms with Crippen molar-refractivity contribution in [2.75, 3.05) is 18.8 Å². The van der Waals surface area contributed by atoms with Crippen molar-refractivity contribution in [3.05, 3.63) is 41.2 Å². The maximum atomic E-state index is 13.2. The predicted octanol–water partition coefficient (Wildman–Crippen LogP) is 2.86. The van der Waals surface area contributed by atoms with Gasteiger partial charge in [-0.1, -0.05) is 6.07 Å². The number of hydrogen-bond acceptors (Lipinski definition) is 6. The number of halogens is 2. The molecule has 2 aliphatic heterocycles. The highest BCUT2D eigenvalue weighted by atomic mass is 19.3. The van der Waals surface area contributed by atoms with Crippen molar-refractivity contribution in [3.63, 3.8) is 0 Å². The van der Waals surface area contributed by atoms with Crippen LogP contribution in [0.1, 0.15) is 36.1 Å². The number of aromatic nitrogens is 2. The molecule has 0 bridgehead atoms. The summed E-state index contributed by atoms with van der Waals surface area (Å²) in [6, 6.07) is 5.00. The van der Waals surface area contributed by atoms with Gasteiger partial charge in [-0.3, -0.25) is 4.90 Å². The van der Waals surface area contributed by atoms with E-state index < -0.39 is 6.29 Å². The second kappa shape index (κ2) is 5.76. The molecule has 1 atom stereocenters. The number of piperidine rings is 1. The monoisotopic (exact) mass is 374 g/mol. The number of ether oxygens (including phenoxy) is 2.